The average Bonchev–Trinajstić information content (AvgIpc) is 2.66. The normalized spacial score (nSPS) is 16.7. The van der Waals surface area contributed by atoms with E-state index >= 15 is 0 Å². The Bertz CT molecular complexity index is 450. The molecule has 0 saturated heterocycles. The number of hydrogen-bond donors (Lipinski definition) is 1. The maximum atomic E-state index is 11.5. The number of esters is 1. The molecule has 1 atom stereocenters. The second kappa shape index (κ2) is 7.26. The zero-order valence-electron chi connectivity index (χ0n) is 11.9. The zero-order chi connectivity index (χ0) is 14.4. The van der Waals surface area contributed by atoms with E-state index in [0.29, 0.717) is 19.6 Å². The molecule has 1 unspecified atom stereocenters. The van der Waals surface area contributed by atoms with Gasteiger partial charge in [-0.05, 0) is 19.4 Å². The van der Waals surface area contributed by atoms with Crippen LogP contribution in [0.2, 0.25) is 0 Å². The Morgan fingerprint density at radius 2 is 2.30 bits per heavy atom. The predicted molar refractivity (Wildman–Crippen MR) is 76.4 cm³/mol. The molecule has 5 heteroatoms. The van der Waals surface area contributed by atoms with Crippen molar-refractivity contribution in [1.82, 2.24) is 4.90 Å². The Morgan fingerprint density at radius 3 is 3.10 bits per heavy atom. The van der Waals surface area contributed by atoms with Gasteiger partial charge >= 0.3 is 5.97 Å². The lowest BCUT2D eigenvalue weighted by Crippen LogP contribution is -2.37. The van der Waals surface area contributed by atoms with Crippen molar-refractivity contribution in [2.24, 2.45) is 5.73 Å². The van der Waals surface area contributed by atoms with Crippen LogP contribution in [0.15, 0.2) is 24.3 Å². The van der Waals surface area contributed by atoms with E-state index in [4.69, 9.17) is 15.2 Å². The number of carbonyl (C=O) groups is 1. The first-order valence-electron chi connectivity index (χ1n) is 7.06. The lowest BCUT2D eigenvalue weighted by molar-refractivity contribution is -0.144. The third-order valence-corrected chi connectivity index (χ3v) is 3.38. The Hall–Kier alpha value is -1.59. The first-order chi connectivity index (χ1) is 9.70. The van der Waals surface area contributed by atoms with Crippen molar-refractivity contribution in [2.75, 3.05) is 26.3 Å². The molecule has 1 aromatic carbocycles. The van der Waals surface area contributed by atoms with E-state index < -0.39 is 6.04 Å². The van der Waals surface area contributed by atoms with Crippen LogP contribution in [0, 0.1) is 0 Å². The summed E-state index contributed by atoms with van der Waals surface area (Å²) in [5.41, 5.74) is 7.00. The molecule has 0 radical (unpaired) electrons. The van der Waals surface area contributed by atoms with Gasteiger partial charge < -0.3 is 15.2 Å². The SMILES string of the molecule is CCOC(=O)C(N)CCN1CCOc2ccccc2C1. The minimum atomic E-state index is -0.547. The summed E-state index contributed by atoms with van der Waals surface area (Å²) in [6.07, 6.45) is 0.598. The highest BCUT2D eigenvalue weighted by Crippen LogP contribution is 2.22. The molecule has 0 bridgehead atoms. The number of hydrogen-bond acceptors (Lipinski definition) is 5. The van der Waals surface area contributed by atoms with Crippen LogP contribution in [0.3, 0.4) is 0 Å². The van der Waals surface area contributed by atoms with Crippen molar-refractivity contribution in [1.29, 1.82) is 0 Å². The molecule has 5 nitrogen and oxygen atoms in total. The average molecular weight is 278 g/mol. The van der Waals surface area contributed by atoms with Gasteiger partial charge in [-0.3, -0.25) is 9.69 Å². The number of benzene rings is 1. The minimum absolute atomic E-state index is 0.320. The van der Waals surface area contributed by atoms with Crippen molar-refractivity contribution in [3.63, 3.8) is 0 Å². The van der Waals surface area contributed by atoms with Crippen molar-refractivity contribution in [3.05, 3.63) is 29.8 Å². The number of rotatable bonds is 5. The molecule has 0 aromatic heterocycles. The zero-order valence-corrected chi connectivity index (χ0v) is 11.9. The minimum Gasteiger partial charge on any atom is -0.492 e. The van der Waals surface area contributed by atoms with E-state index in [2.05, 4.69) is 11.0 Å². The van der Waals surface area contributed by atoms with Crippen LogP contribution in [0.5, 0.6) is 5.75 Å². The van der Waals surface area contributed by atoms with E-state index in [1.165, 1.54) is 5.56 Å². The van der Waals surface area contributed by atoms with Crippen LogP contribution in [0.1, 0.15) is 18.9 Å². The van der Waals surface area contributed by atoms with Gasteiger partial charge in [-0.1, -0.05) is 18.2 Å². The Kier molecular flexibility index (Phi) is 5.38. The van der Waals surface area contributed by atoms with E-state index in [1.54, 1.807) is 6.92 Å². The van der Waals surface area contributed by atoms with Crippen molar-refractivity contribution in [2.45, 2.75) is 25.9 Å². The van der Waals surface area contributed by atoms with E-state index in [0.717, 1.165) is 25.4 Å². The summed E-state index contributed by atoms with van der Waals surface area (Å²) in [7, 11) is 0. The molecular formula is C15H22N2O3. The van der Waals surface area contributed by atoms with Crippen LogP contribution in [0.25, 0.3) is 0 Å². The van der Waals surface area contributed by atoms with Crippen molar-refractivity contribution in [3.8, 4) is 5.75 Å². The summed E-state index contributed by atoms with van der Waals surface area (Å²) in [5, 5.41) is 0. The molecule has 1 aromatic rings. The van der Waals surface area contributed by atoms with Crippen LogP contribution >= 0.6 is 0 Å². The molecule has 2 rings (SSSR count). The van der Waals surface area contributed by atoms with Crippen LogP contribution in [-0.4, -0.2) is 43.2 Å². The molecule has 1 heterocycles. The molecule has 0 spiro atoms. The summed E-state index contributed by atoms with van der Waals surface area (Å²) in [5.74, 6) is 0.628. The Morgan fingerprint density at radius 1 is 1.50 bits per heavy atom. The molecule has 1 aliphatic rings. The second-order valence-corrected chi connectivity index (χ2v) is 4.88. The molecule has 20 heavy (non-hydrogen) atoms. The third kappa shape index (κ3) is 3.95. The highest BCUT2D eigenvalue weighted by molar-refractivity contribution is 5.75. The topological polar surface area (TPSA) is 64.8 Å². The monoisotopic (exact) mass is 278 g/mol. The van der Waals surface area contributed by atoms with Gasteiger partial charge in [0.05, 0.1) is 6.61 Å². The molecule has 1 aliphatic heterocycles. The fourth-order valence-corrected chi connectivity index (χ4v) is 2.26. The largest absolute Gasteiger partial charge is 0.492 e. The maximum Gasteiger partial charge on any atom is 0.322 e. The molecule has 0 amide bonds. The van der Waals surface area contributed by atoms with Crippen LogP contribution in [0.4, 0.5) is 0 Å². The molecule has 110 valence electrons. The van der Waals surface area contributed by atoms with Gasteiger partial charge in [0.1, 0.15) is 18.4 Å². The van der Waals surface area contributed by atoms with Gasteiger partial charge in [-0.2, -0.15) is 0 Å². The lowest BCUT2D eigenvalue weighted by atomic mass is 10.1. The number of nitrogens with zero attached hydrogens (tertiary/aromatic N) is 1. The second-order valence-electron chi connectivity index (χ2n) is 4.88. The molecule has 2 N–H and O–H groups in total. The Balaban J connectivity index is 1.86. The van der Waals surface area contributed by atoms with Gasteiger partial charge in [0, 0.05) is 25.2 Å². The highest BCUT2D eigenvalue weighted by atomic mass is 16.5. The standard InChI is InChI=1S/C15H22N2O3/c1-2-19-15(18)13(16)7-8-17-9-10-20-14-6-4-3-5-12(14)11-17/h3-6,13H,2,7-11,16H2,1H3. The molecular weight excluding hydrogens is 256 g/mol. The van der Waals surface area contributed by atoms with Crippen LogP contribution < -0.4 is 10.5 Å². The maximum absolute atomic E-state index is 11.5. The van der Waals surface area contributed by atoms with Gasteiger partial charge in [0.15, 0.2) is 0 Å². The van der Waals surface area contributed by atoms with Gasteiger partial charge in [-0.25, -0.2) is 0 Å². The van der Waals surface area contributed by atoms with E-state index in [9.17, 15) is 4.79 Å². The smallest absolute Gasteiger partial charge is 0.322 e. The number of fused-ring (bicyclic) bond motifs is 1. The van der Waals surface area contributed by atoms with Crippen LogP contribution in [-0.2, 0) is 16.1 Å². The first kappa shape index (κ1) is 14.8. The summed E-state index contributed by atoms with van der Waals surface area (Å²) in [6.45, 7) is 5.24. The van der Waals surface area contributed by atoms with Gasteiger partial charge in [0.2, 0.25) is 0 Å². The summed E-state index contributed by atoms with van der Waals surface area (Å²) in [4.78, 5) is 13.7. The van der Waals surface area contributed by atoms with Gasteiger partial charge in [-0.15, -0.1) is 0 Å². The van der Waals surface area contributed by atoms with Crippen molar-refractivity contribution < 1.29 is 14.3 Å². The molecule has 0 fully saturated rings. The number of carbonyl (C=O) groups excluding carboxylic acids is 1. The highest BCUT2D eigenvalue weighted by Gasteiger charge is 2.18. The van der Waals surface area contributed by atoms with E-state index in [1.807, 2.05) is 18.2 Å². The third-order valence-electron chi connectivity index (χ3n) is 3.38. The fraction of sp³-hybridized carbons (Fsp3) is 0.533. The summed E-state index contributed by atoms with van der Waals surface area (Å²) in [6, 6.07) is 7.50. The lowest BCUT2D eigenvalue weighted by Gasteiger charge is -2.20. The predicted octanol–water partition coefficient (Wildman–Crippen LogP) is 1.16. The Labute approximate surface area is 119 Å². The first-order valence-corrected chi connectivity index (χ1v) is 7.06. The summed E-state index contributed by atoms with van der Waals surface area (Å²) < 4.78 is 10.6. The quantitative estimate of drug-likeness (QED) is 0.819. The van der Waals surface area contributed by atoms with Gasteiger partial charge in [0.25, 0.3) is 0 Å². The summed E-state index contributed by atoms with van der Waals surface area (Å²) >= 11 is 0. The van der Waals surface area contributed by atoms with Crippen molar-refractivity contribution >= 4 is 5.97 Å². The number of ether oxygens (including phenoxy) is 2. The molecule has 0 saturated carbocycles. The fourth-order valence-electron chi connectivity index (χ4n) is 2.26. The number of para-hydroxylation sites is 1. The molecule has 0 aliphatic carbocycles. The van der Waals surface area contributed by atoms with E-state index in [-0.39, 0.29) is 5.97 Å². The number of nitrogens with two attached hydrogens (primary N) is 1.